The second kappa shape index (κ2) is 10.0. The molecule has 8 rings (SSSR count). The van der Waals surface area contributed by atoms with E-state index in [-0.39, 0.29) is 36.7 Å². The van der Waals surface area contributed by atoms with Crippen molar-refractivity contribution in [2.75, 3.05) is 11.9 Å². The van der Waals surface area contributed by atoms with Gasteiger partial charge in [0.05, 0.1) is 22.5 Å². The number of likely N-dealkylation sites (tertiary alicyclic amines) is 1. The summed E-state index contributed by atoms with van der Waals surface area (Å²) in [5, 5.41) is 13.0. The lowest BCUT2D eigenvalue weighted by Crippen LogP contribution is -2.53. The number of carbonyl (C=O) groups is 2. The highest BCUT2D eigenvalue weighted by Gasteiger charge is 2.69. The quantitative estimate of drug-likeness (QED) is 0.252. The van der Waals surface area contributed by atoms with Crippen LogP contribution in [0.25, 0.3) is 11.0 Å². The van der Waals surface area contributed by atoms with Gasteiger partial charge in [-0.15, -0.1) is 0 Å². The van der Waals surface area contributed by atoms with Gasteiger partial charge in [-0.25, -0.2) is 9.37 Å². The third kappa shape index (κ3) is 4.06. The summed E-state index contributed by atoms with van der Waals surface area (Å²) in [4.78, 5) is 33.4. The van der Waals surface area contributed by atoms with Gasteiger partial charge in [0.25, 0.3) is 0 Å². The Balaban J connectivity index is 0.00000300. The maximum Gasteiger partial charge on any atom is 0.307 e. The molecule has 1 aliphatic carbocycles. The van der Waals surface area contributed by atoms with Gasteiger partial charge in [0.1, 0.15) is 17.2 Å². The number of anilines is 1. The minimum Gasteiger partial charge on any atom is -0.481 e. The zero-order valence-electron chi connectivity index (χ0n) is 22.5. The van der Waals surface area contributed by atoms with E-state index in [0.717, 1.165) is 42.7 Å². The van der Waals surface area contributed by atoms with E-state index in [2.05, 4.69) is 14.8 Å². The number of fused-ring (bicyclic) bond motifs is 7. The molecule has 3 aliphatic heterocycles. The first-order valence-electron chi connectivity index (χ1n) is 14.3. The van der Waals surface area contributed by atoms with E-state index >= 15 is 4.39 Å². The Morgan fingerprint density at radius 3 is 2.70 bits per heavy atom. The molecule has 3 aromatic carbocycles. The fourth-order valence-electron chi connectivity index (χ4n) is 7.93. The number of imidazole rings is 1. The molecule has 0 bridgehead atoms. The molecule has 10 heteroatoms. The van der Waals surface area contributed by atoms with E-state index < -0.39 is 23.2 Å². The SMILES string of the molecule is C.O=C(O)Cc1ccc2c(c1)nc1n2CC[C@H]2[C@@H]1[C@H](c1cccc(Cl)c1F)[C@]1(C(=O)Nc3cc(Cl)ccc31)N2CC1CC1. The van der Waals surface area contributed by atoms with Crippen molar-refractivity contribution in [3.63, 3.8) is 0 Å². The molecular weight excluding hydrogens is 590 g/mol. The lowest BCUT2D eigenvalue weighted by atomic mass is 9.70. The van der Waals surface area contributed by atoms with Crippen molar-refractivity contribution >= 4 is 51.8 Å². The van der Waals surface area contributed by atoms with Crippen molar-refractivity contribution in [3.8, 4) is 0 Å². The van der Waals surface area contributed by atoms with E-state index in [1.54, 1.807) is 24.3 Å². The lowest BCUT2D eigenvalue weighted by molar-refractivity contribution is -0.136. The van der Waals surface area contributed by atoms with Crippen LogP contribution in [0.5, 0.6) is 0 Å². The van der Waals surface area contributed by atoms with Gasteiger partial charge in [0.15, 0.2) is 0 Å². The zero-order chi connectivity index (χ0) is 28.9. The van der Waals surface area contributed by atoms with Crippen molar-refractivity contribution in [2.45, 2.75) is 63.1 Å². The number of carboxylic acid groups (broad SMARTS) is 1. The Kier molecular flexibility index (Phi) is 6.61. The van der Waals surface area contributed by atoms with Crippen molar-refractivity contribution in [1.29, 1.82) is 0 Å². The number of rotatable bonds is 5. The zero-order valence-corrected chi connectivity index (χ0v) is 24.0. The number of halogens is 3. The van der Waals surface area contributed by atoms with E-state index in [4.69, 9.17) is 28.2 Å². The summed E-state index contributed by atoms with van der Waals surface area (Å²) in [7, 11) is 0. The van der Waals surface area contributed by atoms with Gasteiger partial charge in [-0.2, -0.15) is 0 Å². The molecule has 4 aromatic rings. The predicted octanol–water partition coefficient (Wildman–Crippen LogP) is 6.96. The molecule has 4 heterocycles. The summed E-state index contributed by atoms with van der Waals surface area (Å²) in [6.45, 7) is 1.40. The minimum absolute atomic E-state index is 0. The number of nitrogens with zero attached hydrogens (tertiary/aromatic N) is 3. The summed E-state index contributed by atoms with van der Waals surface area (Å²) >= 11 is 12.8. The number of benzene rings is 3. The van der Waals surface area contributed by atoms with Gasteiger partial charge < -0.3 is 15.0 Å². The van der Waals surface area contributed by atoms with Crippen molar-refractivity contribution < 1.29 is 19.1 Å². The molecule has 0 radical (unpaired) electrons. The Morgan fingerprint density at radius 1 is 1.12 bits per heavy atom. The van der Waals surface area contributed by atoms with Gasteiger partial charge in [-0.1, -0.05) is 54.9 Å². The van der Waals surface area contributed by atoms with Crippen LogP contribution in [0.3, 0.4) is 0 Å². The van der Waals surface area contributed by atoms with E-state index in [0.29, 0.717) is 39.8 Å². The molecule has 1 aromatic heterocycles. The molecule has 0 unspecified atom stereocenters. The topological polar surface area (TPSA) is 87.5 Å². The average molecular weight is 622 g/mol. The van der Waals surface area contributed by atoms with Crippen LogP contribution in [-0.2, 0) is 28.1 Å². The van der Waals surface area contributed by atoms with Crippen molar-refractivity contribution in [3.05, 3.63) is 93.0 Å². The Hall–Kier alpha value is -3.46. The molecular formula is C33H31Cl2FN4O3. The van der Waals surface area contributed by atoms with Gasteiger partial charge in [-0.3, -0.25) is 14.5 Å². The molecule has 1 amide bonds. The number of nitrogens with one attached hydrogen (secondary N) is 1. The second-order valence-corrected chi connectivity index (χ2v) is 12.9. The van der Waals surface area contributed by atoms with Crippen molar-refractivity contribution in [2.24, 2.45) is 5.92 Å². The van der Waals surface area contributed by atoms with Crippen LogP contribution >= 0.6 is 23.2 Å². The van der Waals surface area contributed by atoms with Gasteiger partial charge in [0, 0.05) is 47.2 Å². The molecule has 2 N–H and O–H groups in total. The Bertz CT molecular complexity index is 1820. The average Bonchev–Trinajstić information content (AvgIpc) is 3.54. The molecule has 4 atom stereocenters. The monoisotopic (exact) mass is 620 g/mol. The lowest BCUT2D eigenvalue weighted by Gasteiger charge is -2.40. The van der Waals surface area contributed by atoms with Crippen LogP contribution in [-0.4, -0.2) is 44.0 Å². The maximum absolute atomic E-state index is 16.2. The minimum atomic E-state index is -1.19. The van der Waals surface area contributed by atoms with Crippen LogP contribution in [0, 0.1) is 11.7 Å². The number of hydrogen-bond acceptors (Lipinski definition) is 4. The highest BCUT2D eigenvalue weighted by molar-refractivity contribution is 6.31. The standard InChI is InChI=1S/C32H27Cl2FN4O3.CH4/c33-18-7-8-20-22(14-18)37-31(42)32(20)28(19-2-1-3-21(34)29(19)35)27-25(39(32)15-16-4-5-16)10-11-38-24-9-6-17(13-26(40)41)12-23(24)36-30(27)38;/h1-3,6-9,12,14,16,25,27-28H,4-5,10-11,13,15H2,(H,37,42)(H,40,41);1H4/t25-,27+,28-,32+;/m0./s1. The van der Waals surface area contributed by atoms with E-state index in [9.17, 15) is 14.7 Å². The highest BCUT2D eigenvalue weighted by Crippen LogP contribution is 2.64. The normalized spacial score (nSPS) is 25.7. The van der Waals surface area contributed by atoms with Gasteiger partial charge in [0.2, 0.25) is 5.91 Å². The van der Waals surface area contributed by atoms with Crippen LogP contribution in [0.2, 0.25) is 10.0 Å². The van der Waals surface area contributed by atoms with E-state index in [1.807, 2.05) is 24.3 Å². The van der Waals surface area contributed by atoms with Crippen LogP contribution < -0.4 is 5.32 Å². The molecule has 43 heavy (non-hydrogen) atoms. The van der Waals surface area contributed by atoms with Gasteiger partial charge in [-0.05, 0) is 66.6 Å². The first kappa shape index (κ1) is 28.3. The van der Waals surface area contributed by atoms with E-state index in [1.165, 1.54) is 6.07 Å². The molecule has 1 saturated carbocycles. The van der Waals surface area contributed by atoms with Crippen molar-refractivity contribution in [1.82, 2.24) is 14.5 Å². The third-order valence-corrected chi connectivity index (χ3v) is 10.2. The molecule has 222 valence electrons. The van der Waals surface area contributed by atoms with Crippen LogP contribution in [0.15, 0.2) is 54.6 Å². The number of hydrogen-bond donors (Lipinski definition) is 2. The number of aryl methyl sites for hydroxylation is 1. The van der Waals surface area contributed by atoms with Crippen LogP contribution in [0.1, 0.15) is 61.0 Å². The fraction of sp³-hybridized carbons (Fsp3) is 0.364. The maximum atomic E-state index is 16.2. The Morgan fingerprint density at radius 2 is 1.93 bits per heavy atom. The first-order valence-corrected chi connectivity index (χ1v) is 15.1. The number of carbonyl (C=O) groups excluding carboxylic acids is 1. The molecule has 2 fully saturated rings. The Labute approximate surface area is 258 Å². The summed E-state index contributed by atoms with van der Waals surface area (Å²) in [6, 6.07) is 16.0. The number of aromatic nitrogens is 2. The predicted molar refractivity (Wildman–Crippen MR) is 164 cm³/mol. The smallest absolute Gasteiger partial charge is 0.307 e. The largest absolute Gasteiger partial charge is 0.481 e. The van der Waals surface area contributed by atoms with Crippen LogP contribution in [0.4, 0.5) is 10.1 Å². The molecule has 1 saturated heterocycles. The third-order valence-electron chi connectivity index (χ3n) is 9.68. The van der Waals surface area contributed by atoms with Gasteiger partial charge >= 0.3 is 5.97 Å². The number of amides is 1. The second-order valence-electron chi connectivity index (χ2n) is 12.0. The first-order chi connectivity index (χ1) is 20.3. The molecule has 1 spiro atoms. The summed E-state index contributed by atoms with van der Waals surface area (Å²) < 4.78 is 18.4. The fourth-order valence-corrected chi connectivity index (χ4v) is 8.28. The highest BCUT2D eigenvalue weighted by atomic mass is 35.5. The number of carboxylic acids is 1. The summed E-state index contributed by atoms with van der Waals surface area (Å²) in [5.41, 5.74) is 2.91. The number of aliphatic carboxylic acids is 1. The molecule has 7 nitrogen and oxygen atoms in total. The molecule has 4 aliphatic rings. The summed E-state index contributed by atoms with van der Waals surface area (Å²) in [5.74, 6) is -1.33. The summed E-state index contributed by atoms with van der Waals surface area (Å²) in [6.07, 6.45) is 2.85.